The molecule has 0 bridgehead atoms. The molecule has 2 N–H and O–H groups in total. The summed E-state index contributed by atoms with van der Waals surface area (Å²) >= 11 is 0. The van der Waals surface area contributed by atoms with Crippen molar-refractivity contribution in [2.45, 2.75) is 20.3 Å². The van der Waals surface area contributed by atoms with Crippen LogP contribution in [0.2, 0.25) is 0 Å². The molecule has 0 fully saturated rings. The first-order valence-electron chi connectivity index (χ1n) is 5.25. The van der Waals surface area contributed by atoms with E-state index < -0.39 is 0 Å². The van der Waals surface area contributed by atoms with Crippen LogP contribution in [0.4, 0.5) is 5.82 Å². The lowest BCUT2D eigenvalue weighted by Crippen LogP contribution is -2.00. The molecule has 0 aliphatic carbocycles. The van der Waals surface area contributed by atoms with Crippen molar-refractivity contribution in [3.05, 3.63) is 35.9 Å². The first-order valence-corrected chi connectivity index (χ1v) is 5.25. The van der Waals surface area contributed by atoms with Crippen molar-refractivity contribution in [3.63, 3.8) is 0 Å². The summed E-state index contributed by atoms with van der Waals surface area (Å²) in [5.74, 6) is 0.489. The van der Waals surface area contributed by atoms with E-state index in [4.69, 9.17) is 5.73 Å². The van der Waals surface area contributed by atoms with Crippen LogP contribution in [0.3, 0.4) is 0 Å². The van der Waals surface area contributed by atoms with Crippen molar-refractivity contribution in [1.82, 2.24) is 15.0 Å². The topological polar surface area (TPSA) is 64.7 Å². The van der Waals surface area contributed by atoms with Gasteiger partial charge in [-0.05, 0) is 25.5 Å². The lowest BCUT2D eigenvalue weighted by atomic mass is 10.1. The highest BCUT2D eigenvalue weighted by molar-refractivity contribution is 5.69. The standard InChI is InChI=1S/C12H14N4/c1-3-10-8(2)15-7-11(16-10)9-5-4-6-14-12(9)13/h4-7H,3H2,1-2H3,(H2,13,14). The molecule has 2 heterocycles. The molecule has 2 aromatic rings. The molecule has 0 radical (unpaired) electrons. The van der Waals surface area contributed by atoms with E-state index in [0.717, 1.165) is 29.1 Å². The van der Waals surface area contributed by atoms with Crippen molar-refractivity contribution in [1.29, 1.82) is 0 Å². The fourth-order valence-corrected chi connectivity index (χ4v) is 1.59. The summed E-state index contributed by atoms with van der Waals surface area (Å²) in [6, 6.07) is 3.75. The Bertz CT molecular complexity index is 508. The summed E-state index contributed by atoms with van der Waals surface area (Å²) in [6.45, 7) is 4.02. The normalized spacial score (nSPS) is 10.4. The molecule has 4 nitrogen and oxygen atoms in total. The highest BCUT2D eigenvalue weighted by Crippen LogP contribution is 2.21. The molecule has 0 saturated heterocycles. The summed E-state index contributed by atoms with van der Waals surface area (Å²) in [7, 11) is 0. The molecule has 0 unspecified atom stereocenters. The lowest BCUT2D eigenvalue weighted by Gasteiger charge is -2.06. The SMILES string of the molecule is CCc1nc(-c2cccnc2N)cnc1C. The van der Waals surface area contributed by atoms with Gasteiger partial charge in [0.1, 0.15) is 5.82 Å². The Labute approximate surface area is 94.6 Å². The minimum absolute atomic E-state index is 0.489. The first kappa shape index (κ1) is 10.5. The smallest absolute Gasteiger partial charge is 0.132 e. The Morgan fingerprint density at radius 3 is 2.81 bits per heavy atom. The number of rotatable bonds is 2. The molecule has 0 aromatic carbocycles. The van der Waals surface area contributed by atoms with E-state index in [-0.39, 0.29) is 0 Å². The minimum Gasteiger partial charge on any atom is -0.383 e. The van der Waals surface area contributed by atoms with Gasteiger partial charge in [0.15, 0.2) is 0 Å². The minimum atomic E-state index is 0.489. The number of hydrogen-bond acceptors (Lipinski definition) is 4. The fourth-order valence-electron chi connectivity index (χ4n) is 1.59. The number of aromatic nitrogens is 3. The number of nitrogen functional groups attached to an aromatic ring is 1. The maximum absolute atomic E-state index is 5.80. The van der Waals surface area contributed by atoms with E-state index in [1.54, 1.807) is 12.4 Å². The summed E-state index contributed by atoms with van der Waals surface area (Å²) in [4.78, 5) is 12.9. The quantitative estimate of drug-likeness (QED) is 0.830. The van der Waals surface area contributed by atoms with Crippen molar-refractivity contribution < 1.29 is 0 Å². The first-order chi connectivity index (χ1) is 7.72. The molecule has 0 saturated carbocycles. The molecule has 4 heteroatoms. The number of hydrogen-bond donors (Lipinski definition) is 1. The zero-order chi connectivity index (χ0) is 11.5. The van der Waals surface area contributed by atoms with Crippen LogP contribution in [0.1, 0.15) is 18.3 Å². The second-order valence-electron chi connectivity index (χ2n) is 3.58. The van der Waals surface area contributed by atoms with Crippen molar-refractivity contribution in [2.75, 3.05) is 5.73 Å². The Balaban J connectivity index is 2.53. The third kappa shape index (κ3) is 1.86. The molecule has 0 spiro atoms. The molecule has 0 atom stereocenters. The molecule has 82 valence electrons. The predicted octanol–water partition coefficient (Wildman–Crippen LogP) is 1.99. The number of pyridine rings is 1. The largest absolute Gasteiger partial charge is 0.383 e. The van der Waals surface area contributed by atoms with E-state index >= 15 is 0 Å². The van der Waals surface area contributed by atoms with E-state index in [1.165, 1.54) is 0 Å². The van der Waals surface area contributed by atoms with Gasteiger partial charge in [0.2, 0.25) is 0 Å². The van der Waals surface area contributed by atoms with Crippen LogP contribution in [0.5, 0.6) is 0 Å². The third-order valence-corrected chi connectivity index (χ3v) is 2.50. The molecule has 0 aliphatic rings. The molecular weight excluding hydrogens is 200 g/mol. The second-order valence-corrected chi connectivity index (χ2v) is 3.58. The van der Waals surface area contributed by atoms with Gasteiger partial charge >= 0.3 is 0 Å². The highest BCUT2D eigenvalue weighted by Gasteiger charge is 2.07. The van der Waals surface area contributed by atoms with Gasteiger partial charge in [-0.25, -0.2) is 9.97 Å². The highest BCUT2D eigenvalue weighted by atomic mass is 14.9. The van der Waals surface area contributed by atoms with Crippen molar-refractivity contribution >= 4 is 5.82 Å². The zero-order valence-electron chi connectivity index (χ0n) is 9.44. The summed E-state index contributed by atoms with van der Waals surface area (Å²) in [5, 5.41) is 0. The van der Waals surface area contributed by atoms with Gasteiger partial charge in [-0.3, -0.25) is 4.98 Å². The summed E-state index contributed by atoms with van der Waals surface area (Å²) < 4.78 is 0. The Morgan fingerprint density at radius 1 is 1.31 bits per heavy atom. The molecular formula is C12H14N4. The van der Waals surface area contributed by atoms with E-state index in [0.29, 0.717) is 5.82 Å². The Hall–Kier alpha value is -1.97. The van der Waals surface area contributed by atoms with Crippen molar-refractivity contribution in [2.24, 2.45) is 0 Å². The number of nitrogens with zero attached hydrogens (tertiary/aromatic N) is 3. The molecule has 16 heavy (non-hydrogen) atoms. The Kier molecular flexibility index (Phi) is 2.81. The van der Waals surface area contributed by atoms with E-state index in [2.05, 4.69) is 21.9 Å². The van der Waals surface area contributed by atoms with Crippen LogP contribution in [-0.4, -0.2) is 15.0 Å². The Morgan fingerprint density at radius 2 is 2.12 bits per heavy atom. The lowest BCUT2D eigenvalue weighted by molar-refractivity contribution is 0.961. The van der Waals surface area contributed by atoms with Crippen LogP contribution in [-0.2, 0) is 6.42 Å². The molecule has 0 amide bonds. The van der Waals surface area contributed by atoms with E-state index in [9.17, 15) is 0 Å². The van der Waals surface area contributed by atoms with Crippen LogP contribution in [0, 0.1) is 6.92 Å². The van der Waals surface area contributed by atoms with Gasteiger partial charge in [-0.15, -0.1) is 0 Å². The number of aryl methyl sites for hydroxylation is 2. The van der Waals surface area contributed by atoms with Crippen molar-refractivity contribution in [3.8, 4) is 11.3 Å². The zero-order valence-corrected chi connectivity index (χ0v) is 9.44. The van der Waals surface area contributed by atoms with Gasteiger partial charge in [-0.2, -0.15) is 0 Å². The van der Waals surface area contributed by atoms with Gasteiger partial charge < -0.3 is 5.73 Å². The fraction of sp³-hybridized carbons (Fsp3) is 0.250. The number of anilines is 1. The second kappa shape index (κ2) is 4.26. The average molecular weight is 214 g/mol. The van der Waals surface area contributed by atoms with Gasteiger partial charge in [0.25, 0.3) is 0 Å². The monoisotopic (exact) mass is 214 g/mol. The third-order valence-electron chi connectivity index (χ3n) is 2.50. The van der Waals surface area contributed by atoms with Crippen LogP contribution >= 0.6 is 0 Å². The maximum Gasteiger partial charge on any atom is 0.132 e. The number of nitrogens with two attached hydrogens (primary N) is 1. The van der Waals surface area contributed by atoms with Crippen LogP contribution in [0.25, 0.3) is 11.3 Å². The van der Waals surface area contributed by atoms with Crippen LogP contribution < -0.4 is 5.73 Å². The van der Waals surface area contributed by atoms with E-state index in [1.807, 2.05) is 19.1 Å². The summed E-state index contributed by atoms with van der Waals surface area (Å²) in [5.41, 5.74) is 9.39. The van der Waals surface area contributed by atoms with Gasteiger partial charge in [0, 0.05) is 11.8 Å². The summed E-state index contributed by atoms with van der Waals surface area (Å²) in [6.07, 6.45) is 4.27. The predicted molar refractivity (Wildman–Crippen MR) is 63.8 cm³/mol. The van der Waals surface area contributed by atoms with Gasteiger partial charge in [0.05, 0.1) is 23.3 Å². The van der Waals surface area contributed by atoms with Gasteiger partial charge in [-0.1, -0.05) is 6.92 Å². The maximum atomic E-state index is 5.80. The molecule has 0 aliphatic heterocycles. The van der Waals surface area contributed by atoms with Crippen LogP contribution in [0.15, 0.2) is 24.5 Å². The molecule has 2 rings (SSSR count). The average Bonchev–Trinajstić information content (AvgIpc) is 2.31. The molecule has 2 aromatic heterocycles.